The SMILES string of the molecule is COc1ccc(-c2cnn3c2NC(=O)C3CC(=O)Nc2ccc(C)cc2F)cc1OC. The lowest BCUT2D eigenvalue weighted by molar-refractivity contribution is -0.123. The molecule has 2 aromatic carbocycles. The summed E-state index contributed by atoms with van der Waals surface area (Å²) in [6.45, 7) is 1.76. The van der Waals surface area contributed by atoms with Crippen molar-refractivity contribution in [3.05, 3.63) is 54.0 Å². The Hall–Kier alpha value is -3.88. The molecule has 1 aliphatic heterocycles. The van der Waals surface area contributed by atoms with Gasteiger partial charge in [0.15, 0.2) is 11.5 Å². The third kappa shape index (κ3) is 3.81. The molecule has 0 spiro atoms. The fourth-order valence-electron chi connectivity index (χ4n) is 3.53. The van der Waals surface area contributed by atoms with E-state index in [1.54, 1.807) is 38.4 Å². The average Bonchev–Trinajstić information content (AvgIpc) is 3.29. The first-order valence-electron chi connectivity index (χ1n) is 9.58. The van der Waals surface area contributed by atoms with Gasteiger partial charge in [-0.1, -0.05) is 12.1 Å². The normalized spacial score (nSPS) is 14.7. The summed E-state index contributed by atoms with van der Waals surface area (Å²) in [4.78, 5) is 25.0. The first-order chi connectivity index (χ1) is 14.9. The third-order valence-corrected chi connectivity index (χ3v) is 5.11. The zero-order valence-electron chi connectivity index (χ0n) is 17.2. The van der Waals surface area contributed by atoms with Crippen LogP contribution in [0.1, 0.15) is 18.0 Å². The van der Waals surface area contributed by atoms with Crippen LogP contribution >= 0.6 is 0 Å². The highest BCUT2D eigenvalue weighted by atomic mass is 19.1. The van der Waals surface area contributed by atoms with Crippen molar-refractivity contribution in [2.24, 2.45) is 0 Å². The molecule has 0 saturated carbocycles. The van der Waals surface area contributed by atoms with Gasteiger partial charge in [-0.15, -0.1) is 0 Å². The second-order valence-electron chi connectivity index (χ2n) is 7.16. The lowest BCUT2D eigenvalue weighted by Crippen LogP contribution is -2.23. The molecule has 1 aliphatic rings. The summed E-state index contributed by atoms with van der Waals surface area (Å²) in [5.74, 6) is 0.233. The van der Waals surface area contributed by atoms with Crippen LogP contribution in [0.4, 0.5) is 15.9 Å². The van der Waals surface area contributed by atoms with Gasteiger partial charge in [0.2, 0.25) is 5.91 Å². The molecule has 160 valence electrons. The van der Waals surface area contributed by atoms with E-state index < -0.39 is 17.8 Å². The zero-order valence-corrected chi connectivity index (χ0v) is 17.2. The van der Waals surface area contributed by atoms with Crippen molar-refractivity contribution >= 4 is 23.3 Å². The van der Waals surface area contributed by atoms with Crippen molar-refractivity contribution in [3.8, 4) is 22.6 Å². The maximum atomic E-state index is 14.0. The van der Waals surface area contributed by atoms with Crippen LogP contribution in [0, 0.1) is 12.7 Å². The standard InChI is InChI=1S/C22H21FN4O4/c1-12-4-6-16(15(23)8-12)25-20(28)10-17-22(29)26-21-14(11-24-27(17)21)13-5-7-18(30-2)19(9-13)31-3/h4-9,11,17H,10H2,1-3H3,(H,25,28)(H,26,29). The monoisotopic (exact) mass is 424 g/mol. The first-order valence-corrected chi connectivity index (χ1v) is 9.58. The minimum Gasteiger partial charge on any atom is -0.493 e. The molecule has 4 rings (SSSR count). The average molecular weight is 424 g/mol. The number of hydrogen-bond donors (Lipinski definition) is 2. The predicted octanol–water partition coefficient (Wildman–Crippen LogP) is 3.54. The number of fused-ring (bicyclic) bond motifs is 1. The van der Waals surface area contributed by atoms with Crippen LogP contribution in [0.15, 0.2) is 42.6 Å². The van der Waals surface area contributed by atoms with Gasteiger partial charge in [-0.2, -0.15) is 5.10 Å². The van der Waals surface area contributed by atoms with Crippen molar-refractivity contribution in [2.75, 3.05) is 24.9 Å². The number of rotatable bonds is 6. The molecule has 2 N–H and O–H groups in total. The summed E-state index contributed by atoms with van der Waals surface area (Å²) < 4.78 is 26.1. The highest BCUT2D eigenvalue weighted by molar-refractivity contribution is 6.04. The van der Waals surface area contributed by atoms with Crippen LogP contribution in [0.3, 0.4) is 0 Å². The Bertz CT molecular complexity index is 1170. The number of carbonyl (C=O) groups is 2. The number of halogens is 1. The molecular weight excluding hydrogens is 403 g/mol. The molecule has 3 aromatic rings. The van der Waals surface area contributed by atoms with E-state index in [-0.39, 0.29) is 18.0 Å². The Morgan fingerprint density at radius 3 is 2.68 bits per heavy atom. The maximum absolute atomic E-state index is 14.0. The molecule has 2 amide bonds. The summed E-state index contributed by atoms with van der Waals surface area (Å²) in [6.07, 6.45) is 1.43. The van der Waals surface area contributed by atoms with Crippen LogP contribution < -0.4 is 20.1 Å². The van der Waals surface area contributed by atoms with E-state index in [2.05, 4.69) is 15.7 Å². The topological polar surface area (TPSA) is 94.5 Å². The number of carbonyl (C=O) groups excluding carboxylic acids is 2. The van der Waals surface area contributed by atoms with Gasteiger partial charge in [-0.3, -0.25) is 9.59 Å². The smallest absolute Gasteiger partial charge is 0.251 e. The Morgan fingerprint density at radius 2 is 1.97 bits per heavy atom. The van der Waals surface area contributed by atoms with Gasteiger partial charge < -0.3 is 20.1 Å². The van der Waals surface area contributed by atoms with Gasteiger partial charge >= 0.3 is 0 Å². The van der Waals surface area contributed by atoms with Crippen molar-refractivity contribution in [1.82, 2.24) is 9.78 Å². The van der Waals surface area contributed by atoms with Crippen LogP contribution in [0.25, 0.3) is 11.1 Å². The molecule has 1 aromatic heterocycles. The number of amides is 2. The molecular formula is C22H21FN4O4. The predicted molar refractivity (Wildman–Crippen MR) is 113 cm³/mol. The van der Waals surface area contributed by atoms with Crippen LogP contribution in [0.2, 0.25) is 0 Å². The molecule has 2 heterocycles. The number of methoxy groups -OCH3 is 2. The quantitative estimate of drug-likeness (QED) is 0.631. The Kier molecular flexibility index (Phi) is 5.33. The fourth-order valence-corrected chi connectivity index (χ4v) is 3.53. The van der Waals surface area contributed by atoms with Gasteiger partial charge in [0.05, 0.1) is 32.5 Å². The van der Waals surface area contributed by atoms with Crippen molar-refractivity contribution in [2.45, 2.75) is 19.4 Å². The molecule has 0 aliphatic carbocycles. The summed E-state index contributed by atoms with van der Waals surface area (Å²) >= 11 is 0. The number of anilines is 2. The molecule has 0 saturated heterocycles. The highest BCUT2D eigenvalue weighted by Crippen LogP contribution is 2.39. The number of ether oxygens (including phenoxy) is 2. The van der Waals surface area contributed by atoms with Crippen molar-refractivity contribution in [3.63, 3.8) is 0 Å². The second-order valence-corrected chi connectivity index (χ2v) is 7.16. The highest BCUT2D eigenvalue weighted by Gasteiger charge is 2.35. The van der Waals surface area contributed by atoms with E-state index in [1.165, 1.54) is 23.9 Å². The summed E-state index contributed by atoms with van der Waals surface area (Å²) in [6, 6.07) is 9.05. The van der Waals surface area contributed by atoms with E-state index in [0.717, 1.165) is 11.1 Å². The van der Waals surface area contributed by atoms with Crippen LogP contribution in [-0.2, 0) is 9.59 Å². The minimum atomic E-state index is -0.836. The Labute approximate surface area is 178 Å². The number of aryl methyl sites for hydroxylation is 1. The Balaban J connectivity index is 1.56. The summed E-state index contributed by atoms with van der Waals surface area (Å²) in [5, 5.41) is 9.60. The van der Waals surface area contributed by atoms with E-state index in [4.69, 9.17) is 9.47 Å². The number of nitrogens with one attached hydrogen (secondary N) is 2. The van der Waals surface area contributed by atoms with Crippen LogP contribution in [0.5, 0.6) is 11.5 Å². The lowest BCUT2D eigenvalue weighted by Gasteiger charge is -2.10. The number of nitrogens with zero attached hydrogens (tertiary/aromatic N) is 2. The molecule has 0 fully saturated rings. The van der Waals surface area contributed by atoms with Gasteiger partial charge in [-0.05, 0) is 42.3 Å². The largest absolute Gasteiger partial charge is 0.493 e. The number of aromatic nitrogens is 2. The Morgan fingerprint density at radius 1 is 1.19 bits per heavy atom. The fraction of sp³-hybridized carbons (Fsp3) is 0.227. The molecule has 9 heteroatoms. The summed E-state index contributed by atoms with van der Waals surface area (Å²) in [7, 11) is 3.09. The lowest BCUT2D eigenvalue weighted by atomic mass is 10.1. The molecule has 1 unspecified atom stereocenters. The molecule has 1 atom stereocenters. The minimum absolute atomic E-state index is 0.0701. The summed E-state index contributed by atoms with van der Waals surface area (Å²) in [5.41, 5.74) is 2.27. The van der Waals surface area contributed by atoms with Gasteiger partial charge in [0.1, 0.15) is 17.7 Å². The molecule has 31 heavy (non-hydrogen) atoms. The van der Waals surface area contributed by atoms with Crippen molar-refractivity contribution < 1.29 is 23.5 Å². The van der Waals surface area contributed by atoms with Crippen molar-refractivity contribution in [1.29, 1.82) is 0 Å². The first kappa shape index (κ1) is 20.4. The van der Waals surface area contributed by atoms with E-state index >= 15 is 0 Å². The number of benzene rings is 2. The van der Waals surface area contributed by atoms with Gasteiger partial charge in [0.25, 0.3) is 5.91 Å². The van der Waals surface area contributed by atoms with E-state index in [1.807, 2.05) is 6.07 Å². The maximum Gasteiger partial charge on any atom is 0.251 e. The molecule has 0 bridgehead atoms. The molecule has 8 nitrogen and oxygen atoms in total. The van der Waals surface area contributed by atoms with Gasteiger partial charge in [0, 0.05) is 5.56 Å². The zero-order chi connectivity index (χ0) is 22.1. The van der Waals surface area contributed by atoms with Gasteiger partial charge in [-0.25, -0.2) is 9.07 Å². The number of hydrogen-bond acceptors (Lipinski definition) is 5. The van der Waals surface area contributed by atoms with Crippen LogP contribution in [-0.4, -0.2) is 35.8 Å². The van der Waals surface area contributed by atoms with E-state index in [0.29, 0.717) is 22.9 Å². The van der Waals surface area contributed by atoms with E-state index in [9.17, 15) is 14.0 Å². The third-order valence-electron chi connectivity index (χ3n) is 5.11. The molecule has 0 radical (unpaired) electrons. The second kappa shape index (κ2) is 8.10.